The molecule has 1 aliphatic rings. The number of nitrogens with zero attached hydrogens (tertiary/aromatic N) is 1. The van der Waals surface area contributed by atoms with Gasteiger partial charge < -0.3 is 0 Å². The largest absolute Gasteiger partial charge is 0.283 e. The monoisotopic (exact) mass is 197 g/mol. The summed E-state index contributed by atoms with van der Waals surface area (Å²) in [5.41, 5.74) is 0. The molecule has 0 N–H and O–H groups in total. The van der Waals surface area contributed by atoms with Crippen LogP contribution in [0.25, 0.3) is 0 Å². The topological polar surface area (TPSA) is 37.4 Å². The molecule has 1 aliphatic heterocycles. The SMILES string of the molecule is CCCC(C)CC(=O)N1CCCC1=O. The zero-order valence-corrected chi connectivity index (χ0v) is 9.08. The summed E-state index contributed by atoms with van der Waals surface area (Å²) in [5.74, 6) is 0.438. The molecule has 0 aromatic rings. The molecule has 0 radical (unpaired) electrons. The smallest absolute Gasteiger partial charge is 0.229 e. The van der Waals surface area contributed by atoms with Crippen molar-refractivity contribution in [2.24, 2.45) is 5.92 Å². The molecular formula is C11H19NO2. The average Bonchev–Trinajstić information content (AvgIpc) is 2.51. The van der Waals surface area contributed by atoms with Gasteiger partial charge in [0.25, 0.3) is 0 Å². The lowest BCUT2D eigenvalue weighted by Crippen LogP contribution is -2.32. The van der Waals surface area contributed by atoms with Crippen LogP contribution < -0.4 is 0 Å². The summed E-state index contributed by atoms with van der Waals surface area (Å²) in [6.45, 7) is 4.82. The van der Waals surface area contributed by atoms with Crippen molar-refractivity contribution in [2.45, 2.75) is 46.0 Å². The Kier molecular flexibility index (Phi) is 4.11. The third-order valence-corrected chi connectivity index (χ3v) is 2.68. The first-order valence-electron chi connectivity index (χ1n) is 5.48. The predicted molar refractivity (Wildman–Crippen MR) is 54.6 cm³/mol. The first-order chi connectivity index (χ1) is 6.65. The number of imide groups is 1. The van der Waals surface area contributed by atoms with E-state index in [1.54, 1.807) is 0 Å². The summed E-state index contributed by atoms with van der Waals surface area (Å²) in [6, 6.07) is 0. The Labute approximate surface area is 85.5 Å². The Morgan fingerprint density at radius 2 is 2.29 bits per heavy atom. The highest BCUT2D eigenvalue weighted by Crippen LogP contribution is 2.16. The van der Waals surface area contributed by atoms with Gasteiger partial charge in [-0.25, -0.2) is 0 Å². The fourth-order valence-electron chi connectivity index (χ4n) is 1.91. The maximum Gasteiger partial charge on any atom is 0.229 e. The molecule has 1 fully saturated rings. The highest BCUT2D eigenvalue weighted by molar-refractivity contribution is 5.96. The lowest BCUT2D eigenvalue weighted by Gasteiger charge is -2.16. The van der Waals surface area contributed by atoms with Gasteiger partial charge in [0.05, 0.1) is 0 Å². The van der Waals surface area contributed by atoms with E-state index in [-0.39, 0.29) is 11.8 Å². The van der Waals surface area contributed by atoms with Gasteiger partial charge in [0.2, 0.25) is 11.8 Å². The van der Waals surface area contributed by atoms with Crippen LogP contribution in [-0.2, 0) is 9.59 Å². The van der Waals surface area contributed by atoms with E-state index in [0.29, 0.717) is 25.3 Å². The zero-order valence-electron chi connectivity index (χ0n) is 9.08. The van der Waals surface area contributed by atoms with E-state index in [1.807, 2.05) is 0 Å². The molecule has 3 heteroatoms. The van der Waals surface area contributed by atoms with Gasteiger partial charge in [0.1, 0.15) is 0 Å². The molecule has 0 aromatic heterocycles. The highest BCUT2D eigenvalue weighted by atomic mass is 16.2. The van der Waals surface area contributed by atoms with Crippen molar-refractivity contribution in [3.63, 3.8) is 0 Å². The summed E-state index contributed by atoms with van der Waals surface area (Å²) >= 11 is 0. The minimum atomic E-state index is 0.0127. The van der Waals surface area contributed by atoms with Crippen molar-refractivity contribution in [1.29, 1.82) is 0 Å². The van der Waals surface area contributed by atoms with Gasteiger partial charge in [-0.1, -0.05) is 26.7 Å². The normalized spacial score (nSPS) is 18.7. The maximum absolute atomic E-state index is 11.6. The molecule has 0 aliphatic carbocycles. The van der Waals surface area contributed by atoms with E-state index in [0.717, 1.165) is 19.3 Å². The minimum absolute atomic E-state index is 0.0127. The summed E-state index contributed by atoms with van der Waals surface area (Å²) in [5, 5.41) is 0. The van der Waals surface area contributed by atoms with Crippen molar-refractivity contribution >= 4 is 11.8 Å². The molecule has 14 heavy (non-hydrogen) atoms. The van der Waals surface area contributed by atoms with Crippen LogP contribution in [0.2, 0.25) is 0 Å². The van der Waals surface area contributed by atoms with Crippen LogP contribution in [0, 0.1) is 5.92 Å². The second kappa shape index (κ2) is 5.13. The van der Waals surface area contributed by atoms with Crippen LogP contribution >= 0.6 is 0 Å². The van der Waals surface area contributed by atoms with Gasteiger partial charge in [-0.2, -0.15) is 0 Å². The van der Waals surface area contributed by atoms with Crippen molar-refractivity contribution < 1.29 is 9.59 Å². The maximum atomic E-state index is 11.6. The highest BCUT2D eigenvalue weighted by Gasteiger charge is 2.26. The molecule has 1 heterocycles. The number of hydrogen-bond acceptors (Lipinski definition) is 2. The molecule has 3 nitrogen and oxygen atoms in total. The second-order valence-corrected chi connectivity index (χ2v) is 4.14. The van der Waals surface area contributed by atoms with E-state index >= 15 is 0 Å². The minimum Gasteiger partial charge on any atom is -0.283 e. The van der Waals surface area contributed by atoms with Crippen molar-refractivity contribution in [3.05, 3.63) is 0 Å². The van der Waals surface area contributed by atoms with E-state index in [9.17, 15) is 9.59 Å². The van der Waals surface area contributed by atoms with Crippen molar-refractivity contribution in [3.8, 4) is 0 Å². The number of rotatable bonds is 4. The molecule has 0 saturated carbocycles. The number of hydrogen-bond donors (Lipinski definition) is 0. The number of carbonyl (C=O) groups excluding carboxylic acids is 2. The molecular weight excluding hydrogens is 178 g/mol. The lowest BCUT2D eigenvalue weighted by molar-refractivity contribution is -0.142. The Balaban J connectivity index is 2.37. The van der Waals surface area contributed by atoms with Crippen molar-refractivity contribution in [2.75, 3.05) is 6.54 Å². The van der Waals surface area contributed by atoms with Gasteiger partial charge in [0.15, 0.2) is 0 Å². The van der Waals surface area contributed by atoms with Gasteiger partial charge >= 0.3 is 0 Å². The molecule has 1 rings (SSSR count). The fourth-order valence-corrected chi connectivity index (χ4v) is 1.91. The molecule has 1 unspecified atom stereocenters. The quantitative estimate of drug-likeness (QED) is 0.691. The van der Waals surface area contributed by atoms with Gasteiger partial charge in [0, 0.05) is 19.4 Å². The number of amides is 2. The van der Waals surface area contributed by atoms with Gasteiger partial charge in [-0.3, -0.25) is 14.5 Å². The molecule has 0 spiro atoms. The summed E-state index contributed by atoms with van der Waals surface area (Å²) in [7, 11) is 0. The molecule has 0 aromatic carbocycles. The molecule has 80 valence electrons. The third-order valence-electron chi connectivity index (χ3n) is 2.68. The molecule has 1 saturated heterocycles. The summed E-state index contributed by atoms with van der Waals surface area (Å²) < 4.78 is 0. The van der Waals surface area contributed by atoms with Crippen LogP contribution in [-0.4, -0.2) is 23.3 Å². The first-order valence-corrected chi connectivity index (χ1v) is 5.48. The Bertz CT molecular complexity index is 225. The van der Waals surface area contributed by atoms with E-state index < -0.39 is 0 Å². The van der Waals surface area contributed by atoms with Crippen LogP contribution in [0.3, 0.4) is 0 Å². The zero-order chi connectivity index (χ0) is 10.6. The van der Waals surface area contributed by atoms with Gasteiger partial charge in [-0.05, 0) is 12.3 Å². The fraction of sp³-hybridized carbons (Fsp3) is 0.818. The second-order valence-electron chi connectivity index (χ2n) is 4.14. The Hall–Kier alpha value is -0.860. The van der Waals surface area contributed by atoms with Crippen LogP contribution in [0.4, 0.5) is 0 Å². The molecule has 1 atom stereocenters. The predicted octanol–water partition coefficient (Wildman–Crippen LogP) is 1.96. The lowest BCUT2D eigenvalue weighted by atomic mass is 10.0. The standard InChI is InChI=1S/C11H19NO2/c1-3-5-9(2)8-11(14)12-7-4-6-10(12)13/h9H,3-8H2,1-2H3. The first kappa shape index (κ1) is 11.2. The van der Waals surface area contributed by atoms with Crippen LogP contribution in [0.1, 0.15) is 46.0 Å². The van der Waals surface area contributed by atoms with Crippen molar-refractivity contribution in [1.82, 2.24) is 4.90 Å². The van der Waals surface area contributed by atoms with Crippen LogP contribution in [0.15, 0.2) is 0 Å². The number of carbonyl (C=O) groups is 2. The Morgan fingerprint density at radius 3 is 2.79 bits per heavy atom. The summed E-state index contributed by atoms with van der Waals surface area (Å²) in [6.07, 6.45) is 4.08. The molecule has 2 amide bonds. The molecule has 0 bridgehead atoms. The van der Waals surface area contributed by atoms with E-state index in [1.165, 1.54) is 4.90 Å². The van der Waals surface area contributed by atoms with E-state index in [2.05, 4.69) is 13.8 Å². The van der Waals surface area contributed by atoms with Crippen LogP contribution in [0.5, 0.6) is 0 Å². The number of likely N-dealkylation sites (tertiary alicyclic amines) is 1. The Morgan fingerprint density at radius 1 is 1.57 bits per heavy atom. The summed E-state index contributed by atoms with van der Waals surface area (Å²) in [4.78, 5) is 24.3. The third kappa shape index (κ3) is 2.82. The van der Waals surface area contributed by atoms with E-state index in [4.69, 9.17) is 0 Å². The van der Waals surface area contributed by atoms with Gasteiger partial charge in [-0.15, -0.1) is 0 Å². The average molecular weight is 197 g/mol.